The lowest BCUT2D eigenvalue weighted by Gasteiger charge is -2.33. The van der Waals surface area contributed by atoms with E-state index in [9.17, 15) is 9.59 Å². The number of rotatable bonds is 2. The molecule has 2 fully saturated rings. The molecule has 2 N–H and O–H groups in total. The molecule has 6 nitrogen and oxygen atoms in total. The van der Waals surface area contributed by atoms with E-state index in [0.29, 0.717) is 13.1 Å². The predicted octanol–water partition coefficient (Wildman–Crippen LogP) is 2.62. The molecule has 0 radical (unpaired) electrons. The van der Waals surface area contributed by atoms with Gasteiger partial charge in [0.15, 0.2) is 0 Å². The summed E-state index contributed by atoms with van der Waals surface area (Å²) in [6.45, 7) is 4.20. The van der Waals surface area contributed by atoms with Gasteiger partial charge in [-0.15, -0.1) is 0 Å². The SMILES string of the molecule is C[C@@H]1CCCCN1C(=O)Nc1cccc(N2CCNC2=O)c1. The van der Waals surface area contributed by atoms with Crippen LogP contribution in [-0.4, -0.2) is 42.6 Å². The third kappa shape index (κ3) is 3.00. The number of piperidine rings is 1. The first-order valence-electron chi connectivity index (χ1n) is 7.88. The number of carbonyl (C=O) groups excluding carboxylic acids is 2. The molecule has 0 bridgehead atoms. The summed E-state index contributed by atoms with van der Waals surface area (Å²) in [5, 5.41) is 5.73. The summed E-state index contributed by atoms with van der Waals surface area (Å²) in [6, 6.07) is 7.56. The third-order valence-electron chi connectivity index (χ3n) is 4.33. The van der Waals surface area contributed by atoms with Crippen LogP contribution in [0.15, 0.2) is 24.3 Å². The first-order valence-corrected chi connectivity index (χ1v) is 7.88. The Kier molecular flexibility index (Phi) is 4.18. The molecule has 2 saturated heterocycles. The molecule has 3 rings (SSSR count). The molecule has 0 unspecified atom stereocenters. The topological polar surface area (TPSA) is 64.7 Å². The summed E-state index contributed by atoms with van der Waals surface area (Å²) in [7, 11) is 0. The number of nitrogens with one attached hydrogen (secondary N) is 2. The summed E-state index contributed by atoms with van der Waals surface area (Å²) >= 11 is 0. The molecule has 2 aliphatic heterocycles. The van der Waals surface area contributed by atoms with Gasteiger partial charge >= 0.3 is 12.1 Å². The van der Waals surface area contributed by atoms with Gasteiger partial charge in [0.1, 0.15) is 0 Å². The molecular formula is C16H22N4O2. The molecule has 1 atom stereocenters. The molecule has 2 heterocycles. The highest BCUT2D eigenvalue weighted by Gasteiger charge is 2.24. The lowest BCUT2D eigenvalue weighted by atomic mass is 10.0. The van der Waals surface area contributed by atoms with Gasteiger partial charge in [-0.25, -0.2) is 9.59 Å². The summed E-state index contributed by atoms with van der Waals surface area (Å²) < 4.78 is 0. The molecule has 4 amide bonds. The van der Waals surface area contributed by atoms with Gasteiger partial charge < -0.3 is 15.5 Å². The van der Waals surface area contributed by atoms with Gasteiger partial charge in [0.25, 0.3) is 0 Å². The zero-order valence-corrected chi connectivity index (χ0v) is 12.8. The van der Waals surface area contributed by atoms with E-state index in [1.54, 1.807) is 4.90 Å². The van der Waals surface area contributed by atoms with Crippen molar-refractivity contribution in [2.45, 2.75) is 32.2 Å². The number of nitrogens with zero attached hydrogens (tertiary/aromatic N) is 2. The smallest absolute Gasteiger partial charge is 0.322 e. The normalized spacial score (nSPS) is 21.7. The maximum absolute atomic E-state index is 12.4. The van der Waals surface area contributed by atoms with Crippen molar-refractivity contribution in [3.8, 4) is 0 Å². The van der Waals surface area contributed by atoms with Crippen LogP contribution in [0.25, 0.3) is 0 Å². The molecule has 6 heteroatoms. The first-order chi connectivity index (χ1) is 10.6. The number of likely N-dealkylation sites (tertiary alicyclic amines) is 1. The number of amides is 4. The van der Waals surface area contributed by atoms with Crippen molar-refractivity contribution in [1.29, 1.82) is 0 Å². The van der Waals surface area contributed by atoms with Crippen LogP contribution in [0.1, 0.15) is 26.2 Å². The van der Waals surface area contributed by atoms with Crippen molar-refractivity contribution in [3.05, 3.63) is 24.3 Å². The van der Waals surface area contributed by atoms with Crippen LogP contribution in [0, 0.1) is 0 Å². The van der Waals surface area contributed by atoms with E-state index in [4.69, 9.17) is 0 Å². The second kappa shape index (κ2) is 6.25. The number of carbonyl (C=O) groups is 2. The van der Waals surface area contributed by atoms with Crippen LogP contribution in [0.4, 0.5) is 21.0 Å². The van der Waals surface area contributed by atoms with Crippen molar-refractivity contribution in [3.63, 3.8) is 0 Å². The van der Waals surface area contributed by atoms with Crippen LogP contribution in [0.5, 0.6) is 0 Å². The minimum Gasteiger partial charge on any atom is -0.336 e. The van der Waals surface area contributed by atoms with Crippen molar-refractivity contribution in [2.75, 3.05) is 29.9 Å². The Hall–Kier alpha value is -2.24. The van der Waals surface area contributed by atoms with Gasteiger partial charge in [-0.1, -0.05) is 6.07 Å². The van der Waals surface area contributed by atoms with Gasteiger partial charge in [0, 0.05) is 37.1 Å². The minimum absolute atomic E-state index is 0.0600. The van der Waals surface area contributed by atoms with Gasteiger partial charge in [0.2, 0.25) is 0 Å². The van der Waals surface area contributed by atoms with Crippen molar-refractivity contribution in [2.24, 2.45) is 0 Å². The molecule has 0 aromatic heterocycles. The zero-order valence-electron chi connectivity index (χ0n) is 12.8. The van der Waals surface area contributed by atoms with Crippen LogP contribution in [0.3, 0.4) is 0 Å². The lowest BCUT2D eigenvalue weighted by Crippen LogP contribution is -2.44. The monoisotopic (exact) mass is 302 g/mol. The molecule has 22 heavy (non-hydrogen) atoms. The lowest BCUT2D eigenvalue weighted by molar-refractivity contribution is 0.170. The highest BCUT2D eigenvalue weighted by atomic mass is 16.2. The Morgan fingerprint density at radius 3 is 2.91 bits per heavy atom. The highest BCUT2D eigenvalue weighted by Crippen LogP contribution is 2.22. The fourth-order valence-electron chi connectivity index (χ4n) is 3.06. The molecule has 0 aliphatic carbocycles. The molecule has 2 aliphatic rings. The van der Waals surface area contributed by atoms with Gasteiger partial charge in [-0.05, 0) is 44.4 Å². The fraction of sp³-hybridized carbons (Fsp3) is 0.500. The molecule has 0 spiro atoms. The Labute approximate surface area is 130 Å². The van der Waals surface area contributed by atoms with Gasteiger partial charge in [0.05, 0.1) is 0 Å². The number of hydrogen-bond acceptors (Lipinski definition) is 2. The van der Waals surface area contributed by atoms with E-state index in [1.165, 1.54) is 6.42 Å². The fourth-order valence-corrected chi connectivity index (χ4v) is 3.06. The van der Waals surface area contributed by atoms with Crippen molar-refractivity contribution in [1.82, 2.24) is 10.2 Å². The van der Waals surface area contributed by atoms with E-state index in [1.807, 2.05) is 29.2 Å². The Balaban J connectivity index is 1.70. The number of urea groups is 2. The number of hydrogen-bond donors (Lipinski definition) is 2. The van der Waals surface area contributed by atoms with E-state index in [2.05, 4.69) is 17.6 Å². The summed E-state index contributed by atoms with van der Waals surface area (Å²) in [5.74, 6) is 0. The molecule has 1 aromatic carbocycles. The quantitative estimate of drug-likeness (QED) is 0.882. The number of anilines is 2. The van der Waals surface area contributed by atoms with Crippen LogP contribution in [0.2, 0.25) is 0 Å². The number of benzene rings is 1. The third-order valence-corrected chi connectivity index (χ3v) is 4.33. The largest absolute Gasteiger partial charge is 0.336 e. The van der Waals surface area contributed by atoms with E-state index < -0.39 is 0 Å². The molecule has 1 aromatic rings. The van der Waals surface area contributed by atoms with Crippen molar-refractivity contribution >= 4 is 23.4 Å². The van der Waals surface area contributed by atoms with Crippen LogP contribution in [-0.2, 0) is 0 Å². The first kappa shape index (κ1) is 14.7. The van der Waals surface area contributed by atoms with Gasteiger partial charge in [-0.2, -0.15) is 0 Å². The molecule has 0 saturated carbocycles. The van der Waals surface area contributed by atoms with E-state index in [0.717, 1.165) is 30.8 Å². The predicted molar refractivity (Wildman–Crippen MR) is 86.2 cm³/mol. The average molecular weight is 302 g/mol. The van der Waals surface area contributed by atoms with Crippen molar-refractivity contribution < 1.29 is 9.59 Å². The van der Waals surface area contributed by atoms with E-state index >= 15 is 0 Å². The van der Waals surface area contributed by atoms with Crippen LogP contribution >= 0.6 is 0 Å². The van der Waals surface area contributed by atoms with Gasteiger partial charge in [-0.3, -0.25) is 4.90 Å². The maximum atomic E-state index is 12.4. The molecular weight excluding hydrogens is 280 g/mol. The highest BCUT2D eigenvalue weighted by molar-refractivity contribution is 5.95. The second-order valence-electron chi connectivity index (χ2n) is 5.90. The Bertz CT molecular complexity index is 575. The second-order valence-corrected chi connectivity index (χ2v) is 5.90. The summed E-state index contributed by atoms with van der Waals surface area (Å²) in [4.78, 5) is 27.7. The van der Waals surface area contributed by atoms with Crippen LogP contribution < -0.4 is 15.5 Å². The minimum atomic E-state index is -0.0897. The maximum Gasteiger partial charge on any atom is 0.322 e. The summed E-state index contributed by atoms with van der Waals surface area (Å²) in [5.41, 5.74) is 1.53. The zero-order chi connectivity index (χ0) is 15.5. The Morgan fingerprint density at radius 1 is 1.32 bits per heavy atom. The Morgan fingerprint density at radius 2 is 2.18 bits per heavy atom. The standard InChI is InChI=1S/C16H22N4O2/c1-12-5-2-3-9-19(12)16(22)18-13-6-4-7-14(11-13)20-10-8-17-15(20)21/h4,6-7,11-12H,2-3,5,8-10H2,1H3,(H,17,21)(H,18,22)/t12-/m1/s1. The average Bonchev–Trinajstić information content (AvgIpc) is 2.94. The summed E-state index contributed by atoms with van der Waals surface area (Å²) in [6.07, 6.45) is 3.30. The molecule has 118 valence electrons. The van der Waals surface area contributed by atoms with E-state index in [-0.39, 0.29) is 18.1 Å².